The lowest BCUT2D eigenvalue weighted by molar-refractivity contribution is 0.102. The highest BCUT2D eigenvalue weighted by Gasteiger charge is 2.17. The molecule has 0 aliphatic rings. The highest BCUT2D eigenvalue weighted by atomic mass is 79.9. The number of carbonyl (C=O) groups is 1. The molecule has 2 aromatic carbocycles. The summed E-state index contributed by atoms with van der Waals surface area (Å²) < 4.78 is 15.1. The minimum Gasteiger partial charge on any atom is -0.296 e. The quantitative estimate of drug-likeness (QED) is 0.475. The van der Waals surface area contributed by atoms with Crippen LogP contribution < -0.4 is 5.32 Å². The molecule has 2 aromatic heterocycles. The monoisotopic (exact) mass is 442 g/mol. The Kier molecular flexibility index (Phi) is 4.83. The summed E-state index contributed by atoms with van der Waals surface area (Å²) in [6.45, 7) is 0. The van der Waals surface area contributed by atoms with E-state index in [1.165, 1.54) is 28.2 Å². The number of amides is 1. The van der Waals surface area contributed by atoms with Gasteiger partial charge in [-0.25, -0.2) is 14.1 Å². The van der Waals surface area contributed by atoms with E-state index >= 15 is 0 Å². The van der Waals surface area contributed by atoms with Crippen LogP contribution in [0.1, 0.15) is 10.5 Å². The summed E-state index contributed by atoms with van der Waals surface area (Å²) in [6.07, 6.45) is 3.38. The molecule has 0 unspecified atom stereocenters. The van der Waals surface area contributed by atoms with Gasteiger partial charge in [-0.1, -0.05) is 41.7 Å². The maximum Gasteiger partial charge on any atom is 0.279 e. The second-order valence-corrected chi connectivity index (χ2v) is 7.48. The molecule has 4 aromatic rings. The van der Waals surface area contributed by atoms with Crippen LogP contribution in [0.4, 0.5) is 9.52 Å². The van der Waals surface area contributed by atoms with E-state index in [0.29, 0.717) is 15.3 Å². The van der Waals surface area contributed by atoms with Gasteiger partial charge in [-0.2, -0.15) is 5.10 Å². The van der Waals surface area contributed by atoms with Crippen LogP contribution in [0.2, 0.25) is 0 Å². The number of nitrogens with one attached hydrogen (secondary N) is 1. The lowest BCUT2D eigenvalue weighted by atomic mass is 10.2. The van der Waals surface area contributed by atoms with Crippen LogP contribution in [0.15, 0.2) is 71.5 Å². The van der Waals surface area contributed by atoms with Crippen LogP contribution in [0.5, 0.6) is 0 Å². The fourth-order valence-electron chi connectivity index (χ4n) is 2.46. The summed E-state index contributed by atoms with van der Waals surface area (Å²) in [5.74, 6) is -0.711. The highest BCUT2D eigenvalue weighted by molar-refractivity contribution is 9.10. The van der Waals surface area contributed by atoms with Gasteiger partial charge >= 0.3 is 0 Å². The van der Waals surface area contributed by atoms with Crippen LogP contribution in [0.25, 0.3) is 16.1 Å². The lowest BCUT2D eigenvalue weighted by Crippen LogP contribution is -2.13. The molecule has 1 amide bonds. The van der Waals surface area contributed by atoms with Gasteiger partial charge < -0.3 is 0 Å². The molecule has 5 nitrogen and oxygen atoms in total. The van der Waals surface area contributed by atoms with Gasteiger partial charge in [0.15, 0.2) is 10.8 Å². The smallest absolute Gasteiger partial charge is 0.279 e. The summed E-state index contributed by atoms with van der Waals surface area (Å²) in [7, 11) is 0. The number of anilines is 1. The van der Waals surface area contributed by atoms with Crippen LogP contribution in [-0.2, 0) is 0 Å². The number of hydrogen-bond donors (Lipinski definition) is 1. The zero-order valence-corrected chi connectivity index (χ0v) is 16.2. The van der Waals surface area contributed by atoms with Crippen molar-refractivity contribution in [3.63, 3.8) is 0 Å². The molecule has 0 aliphatic heterocycles. The van der Waals surface area contributed by atoms with Crippen molar-refractivity contribution in [1.29, 1.82) is 0 Å². The molecule has 0 saturated heterocycles. The SMILES string of the molecule is O=C(Nc1ncc(-c2ccccc2)s1)c1nn(-c2ccc(F)cc2)cc1Br. The predicted octanol–water partition coefficient (Wildman–Crippen LogP) is 5.15. The number of carbonyl (C=O) groups excluding carboxylic acids is 1. The van der Waals surface area contributed by atoms with Gasteiger partial charge in [-0.3, -0.25) is 10.1 Å². The number of thiazole rings is 1. The molecule has 2 heterocycles. The first kappa shape index (κ1) is 17.6. The van der Waals surface area contributed by atoms with Gasteiger partial charge in [0.25, 0.3) is 5.91 Å². The number of benzene rings is 2. The standard InChI is InChI=1S/C19H12BrFN4OS/c20-15-11-25(14-8-6-13(21)7-9-14)24-17(15)18(26)23-19-22-10-16(27-19)12-4-2-1-3-5-12/h1-11H,(H,22,23,26). The van der Waals surface area contributed by atoms with E-state index in [1.54, 1.807) is 24.5 Å². The maximum absolute atomic E-state index is 13.1. The first-order chi connectivity index (χ1) is 13.1. The third-order valence-corrected chi connectivity index (χ3v) is 5.30. The van der Waals surface area contributed by atoms with E-state index < -0.39 is 0 Å². The number of rotatable bonds is 4. The Bertz CT molecular complexity index is 1090. The average Bonchev–Trinajstić information content (AvgIpc) is 3.30. The number of aromatic nitrogens is 3. The Labute approximate surface area is 166 Å². The molecule has 134 valence electrons. The lowest BCUT2D eigenvalue weighted by Gasteiger charge is -2.01. The average molecular weight is 443 g/mol. The Balaban J connectivity index is 1.54. The second kappa shape index (κ2) is 7.42. The number of nitrogens with zero attached hydrogens (tertiary/aromatic N) is 3. The van der Waals surface area contributed by atoms with E-state index in [4.69, 9.17) is 0 Å². The Morgan fingerprint density at radius 3 is 2.59 bits per heavy atom. The Hall–Kier alpha value is -2.84. The second-order valence-electron chi connectivity index (χ2n) is 5.60. The fourth-order valence-corrected chi connectivity index (χ4v) is 3.73. The zero-order valence-electron chi connectivity index (χ0n) is 13.8. The molecule has 0 bridgehead atoms. The van der Waals surface area contributed by atoms with Gasteiger partial charge in [0.1, 0.15) is 5.82 Å². The van der Waals surface area contributed by atoms with Gasteiger partial charge in [-0.15, -0.1) is 0 Å². The molecule has 0 atom stereocenters. The van der Waals surface area contributed by atoms with E-state index in [1.807, 2.05) is 30.3 Å². The molecule has 0 aliphatic carbocycles. The molecule has 0 saturated carbocycles. The summed E-state index contributed by atoms with van der Waals surface area (Å²) >= 11 is 4.73. The van der Waals surface area contributed by atoms with E-state index in [2.05, 4.69) is 31.3 Å². The van der Waals surface area contributed by atoms with Gasteiger partial charge in [-0.05, 0) is 45.8 Å². The van der Waals surface area contributed by atoms with Crippen molar-refractivity contribution in [2.75, 3.05) is 5.32 Å². The first-order valence-corrected chi connectivity index (χ1v) is 9.55. The van der Waals surface area contributed by atoms with Crippen molar-refractivity contribution in [1.82, 2.24) is 14.8 Å². The first-order valence-electron chi connectivity index (χ1n) is 7.94. The molecule has 0 spiro atoms. The number of halogens is 2. The van der Waals surface area contributed by atoms with Crippen LogP contribution in [0.3, 0.4) is 0 Å². The summed E-state index contributed by atoms with van der Waals surface area (Å²) in [4.78, 5) is 17.8. The molecular formula is C19H12BrFN4OS. The molecule has 27 heavy (non-hydrogen) atoms. The van der Waals surface area contributed by atoms with E-state index in [-0.39, 0.29) is 17.4 Å². The molecule has 1 N–H and O–H groups in total. The van der Waals surface area contributed by atoms with Crippen molar-refractivity contribution in [2.24, 2.45) is 0 Å². The van der Waals surface area contributed by atoms with Crippen LogP contribution in [-0.4, -0.2) is 20.7 Å². The maximum atomic E-state index is 13.1. The summed E-state index contributed by atoms with van der Waals surface area (Å²) in [6, 6.07) is 15.7. The largest absolute Gasteiger partial charge is 0.296 e. The molecule has 8 heteroatoms. The molecular weight excluding hydrogens is 431 g/mol. The minimum absolute atomic E-state index is 0.218. The predicted molar refractivity (Wildman–Crippen MR) is 107 cm³/mol. The van der Waals surface area contributed by atoms with Crippen molar-refractivity contribution >= 4 is 38.3 Å². The Morgan fingerprint density at radius 1 is 1.11 bits per heavy atom. The fraction of sp³-hybridized carbons (Fsp3) is 0. The van der Waals surface area contributed by atoms with Crippen molar-refractivity contribution in [3.05, 3.63) is 83.0 Å². The van der Waals surface area contributed by atoms with E-state index in [9.17, 15) is 9.18 Å². The molecule has 0 radical (unpaired) electrons. The Morgan fingerprint density at radius 2 is 1.85 bits per heavy atom. The zero-order chi connectivity index (χ0) is 18.8. The number of hydrogen-bond acceptors (Lipinski definition) is 4. The van der Waals surface area contributed by atoms with Crippen LogP contribution in [0, 0.1) is 5.82 Å². The van der Waals surface area contributed by atoms with Crippen LogP contribution >= 0.6 is 27.3 Å². The van der Waals surface area contributed by atoms with Crippen molar-refractivity contribution in [3.8, 4) is 16.1 Å². The third-order valence-electron chi connectivity index (χ3n) is 3.76. The highest BCUT2D eigenvalue weighted by Crippen LogP contribution is 2.29. The van der Waals surface area contributed by atoms with Gasteiger partial charge in [0.05, 0.1) is 15.0 Å². The van der Waals surface area contributed by atoms with E-state index in [0.717, 1.165) is 10.4 Å². The minimum atomic E-state index is -0.378. The summed E-state index contributed by atoms with van der Waals surface area (Å²) in [5.41, 5.74) is 1.91. The van der Waals surface area contributed by atoms with Gasteiger partial charge in [0, 0.05) is 12.4 Å². The molecule has 0 fully saturated rings. The topological polar surface area (TPSA) is 59.8 Å². The third kappa shape index (κ3) is 3.81. The summed E-state index contributed by atoms with van der Waals surface area (Å²) in [5, 5.41) is 7.54. The van der Waals surface area contributed by atoms with Gasteiger partial charge in [0.2, 0.25) is 0 Å². The van der Waals surface area contributed by atoms with Crippen molar-refractivity contribution < 1.29 is 9.18 Å². The molecule has 4 rings (SSSR count). The normalized spacial score (nSPS) is 10.7. The van der Waals surface area contributed by atoms with Crippen molar-refractivity contribution in [2.45, 2.75) is 0 Å².